The molecule has 0 aliphatic carbocycles. The molecule has 8 heteroatoms. The fourth-order valence-corrected chi connectivity index (χ4v) is 6.16. The number of benzene rings is 3. The first kappa shape index (κ1) is 25.2. The van der Waals surface area contributed by atoms with Gasteiger partial charge in [-0.1, -0.05) is 56.3 Å². The summed E-state index contributed by atoms with van der Waals surface area (Å²) in [6.45, 7) is 7.79. The number of methoxy groups -OCH3 is 1. The molecule has 1 saturated heterocycles. The van der Waals surface area contributed by atoms with E-state index in [2.05, 4.69) is 41.3 Å². The monoisotopic (exact) mass is 495 g/mol. The summed E-state index contributed by atoms with van der Waals surface area (Å²) in [5, 5.41) is 2.48. The molecule has 1 amide bonds. The molecule has 0 unspecified atom stereocenters. The summed E-state index contributed by atoms with van der Waals surface area (Å²) in [6.07, 6.45) is 0. The molecule has 3 aromatic carbocycles. The first-order valence-corrected chi connectivity index (χ1v) is 13.5. The molecule has 7 nitrogen and oxygen atoms in total. The third kappa shape index (κ3) is 5.19. The number of carbonyl (C=O) groups excluding carboxylic acids is 1. The van der Waals surface area contributed by atoms with Gasteiger partial charge in [0.15, 0.2) is 0 Å². The fraction of sp³-hybridized carbons (Fsp3) is 0.370. The van der Waals surface area contributed by atoms with Gasteiger partial charge in [-0.05, 0) is 34.5 Å². The Morgan fingerprint density at radius 3 is 2.31 bits per heavy atom. The van der Waals surface area contributed by atoms with Crippen LogP contribution in [0.25, 0.3) is 10.8 Å². The number of rotatable bonds is 8. The molecule has 35 heavy (non-hydrogen) atoms. The molecular formula is C27H33N3O4S. The van der Waals surface area contributed by atoms with Gasteiger partial charge in [0.2, 0.25) is 10.0 Å². The molecule has 3 aromatic rings. The van der Waals surface area contributed by atoms with E-state index < -0.39 is 10.0 Å². The van der Waals surface area contributed by atoms with Gasteiger partial charge in [-0.2, -0.15) is 4.31 Å². The Balaban J connectivity index is 1.49. The molecule has 4 rings (SSSR count). The van der Waals surface area contributed by atoms with Crippen LogP contribution < -0.4 is 4.74 Å². The molecule has 1 heterocycles. The van der Waals surface area contributed by atoms with Crippen molar-refractivity contribution in [3.63, 3.8) is 0 Å². The first-order chi connectivity index (χ1) is 16.9. The van der Waals surface area contributed by atoms with Crippen LogP contribution >= 0.6 is 0 Å². The predicted octanol–water partition coefficient (Wildman–Crippen LogP) is 3.84. The summed E-state index contributed by atoms with van der Waals surface area (Å²) in [5.41, 5.74) is 1.56. The van der Waals surface area contributed by atoms with Gasteiger partial charge >= 0.3 is 0 Å². The second-order valence-corrected chi connectivity index (χ2v) is 10.6. The van der Waals surface area contributed by atoms with E-state index in [1.165, 1.54) is 39.9 Å². The third-order valence-corrected chi connectivity index (χ3v) is 8.72. The quantitative estimate of drug-likeness (QED) is 0.475. The van der Waals surface area contributed by atoms with Crippen molar-refractivity contribution in [1.82, 2.24) is 14.1 Å². The Bertz CT molecular complexity index is 1290. The van der Waals surface area contributed by atoms with Gasteiger partial charge in [0, 0.05) is 45.8 Å². The summed E-state index contributed by atoms with van der Waals surface area (Å²) in [6, 6.07) is 19.3. The SMILES string of the molecule is CCN(CC)S(=O)(=O)c1ccc(OC)c(C(=O)N2CCN(Cc3cccc4ccccc34)CC2)c1. The minimum atomic E-state index is -3.68. The van der Waals surface area contributed by atoms with E-state index in [9.17, 15) is 13.2 Å². The maximum absolute atomic E-state index is 13.4. The minimum absolute atomic E-state index is 0.111. The normalized spacial score (nSPS) is 15.0. The van der Waals surface area contributed by atoms with Gasteiger partial charge < -0.3 is 9.64 Å². The number of hydrogen-bond donors (Lipinski definition) is 0. The molecule has 186 valence electrons. The van der Waals surface area contributed by atoms with E-state index in [1.807, 2.05) is 6.07 Å². The van der Waals surface area contributed by atoms with Gasteiger partial charge in [-0.15, -0.1) is 0 Å². The minimum Gasteiger partial charge on any atom is -0.496 e. The zero-order valence-corrected chi connectivity index (χ0v) is 21.4. The maximum Gasteiger partial charge on any atom is 0.257 e. The van der Waals surface area contributed by atoms with Crippen LogP contribution in [0.4, 0.5) is 0 Å². The smallest absolute Gasteiger partial charge is 0.257 e. The number of fused-ring (bicyclic) bond motifs is 1. The van der Waals surface area contributed by atoms with Crippen LogP contribution in [0.5, 0.6) is 5.75 Å². The van der Waals surface area contributed by atoms with Crippen LogP contribution in [0.3, 0.4) is 0 Å². The number of amides is 1. The van der Waals surface area contributed by atoms with Crippen LogP contribution in [0.1, 0.15) is 29.8 Å². The third-order valence-electron chi connectivity index (χ3n) is 6.68. The van der Waals surface area contributed by atoms with Crippen molar-refractivity contribution < 1.29 is 17.9 Å². The highest BCUT2D eigenvalue weighted by molar-refractivity contribution is 7.89. The topological polar surface area (TPSA) is 70.2 Å². The van der Waals surface area contributed by atoms with Crippen molar-refractivity contribution >= 4 is 26.7 Å². The molecule has 1 fully saturated rings. The largest absolute Gasteiger partial charge is 0.496 e. The van der Waals surface area contributed by atoms with Gasteiger partial charge in [0.05, 0.1) is 17.6 Å². The summed E-state index contributed by atoms with van der Waals surface area (Å²) >= 11 is 0. The van der Waals surface area contributed by atoms with Crippen molar-refractivity contribution in [1.29, 1.82) is 0 Å². The number of piperazine rings is 1. The zero-order chi connectivity index (χ0) is 25.0. The Morgan fingerprint density at radius 1 is 0.943 bits per heavy atom. The second kappa shape index (κ2) is 10.8. The maximum atomic E-state index is 13.4. The van der Waals surface area contributed by atoms with Crippen LogP contribution in [0, 0.1) is 0 Å². The predicted molar refractivity (Wildman–Crippen MR) is 138 cm³/mol. The van der Waals surface area contributed by atoms with Crippen LogP contribution in [-0.4, -0.2) is 74.8 Å². The van der Waals surface area contributed by atoms with Crippen molar-refractivity contribution in [2.75, 3.05) is 46.4 Å². The molecular weight excluding hydrogens is 462 g/mol. The van der Waals surface area contributed by atoms with E-state index in [0.29, 0.717) is 31.9 Å². The Morgan fingerprint density at radius 2 is 1.63 bits per heavy atom. The Hall–Kier alpha value is -2.94. The van der Waals surface area contributed by atoms with Crippen LogP contribution in [-0.2, 0) is 16.6 Å². The number of ether oxygens (including phenoxy) is 1. The number of nitrogens with zero attached hydrogens (tertiary/aromatic N) is 3. The van der Waals surface area contributed by atoms with E-state index in [0.717, 1.165) is 19.6 Å². The highest BCUT2D eigenvalue weighted by atomic mass is 32.2. The van der Waals surface area contributed by atoms with Crippen LogP contribution in [0.15, 0.2) is 65.6 Å². The van der Waals surface area contributed by atoms with Gasteiger partial charge in [0.25, 0.3) is 5.91 Å². The first-order valence-electron chi connectivity index (χ1n) is 12.1. The van der Waals surface area contributed by atoms with Gasteiger partial charge in [-0.25, -0.2) is 8.42 Å². The fourth-order valence-electron chi connectivity index (χ4n) is 4.68. The highest BCUT2D eigenvalue weighted by Crippen LogP contribution is 2.27. The molecule has 0 atom stereocenters. The van der Waals surface area contributed by atoms with E-state index >= 15 is 0 Å². The van der Waals surface area contributed by atoms with Gasteiger partial charge in [0.1, 0.15) is 5.75 Å². The molecule has 0 aromatic heterocycles. The molecule has 0 saturated carbocycles. The van der Waals surface area contributed by atoms with Crippen molar-refractivity contribution in [2.45, 2.75) is 25.3 Å². The summed E-state index contributed by atoms with van der Waals surface area (Å²) in [7, 11) is -2.18. The number of carbonyl (C=O) groups is 1. The van der Waals surface area contributed by atoms with Crippen molar-refractivity contribution in [3.8, 4) is 5.75 Å². The molecule has 0 radical (unpaired) electrons. The van der Waals surface area contributed by atoms with Crippen molar-refractivity contribution in [2.24, 2.45) is 0 Å². The van der Waals surface area contributed by atoms with Crippen LogP contribution in [0.2, 0.25) is 0 Å². The molecule has 1 aliphatic heterocycles. The average molecular weight is 496 g/mol. The van der Waals surface area contributed by atoms with E-state index in [1.54, 1.807) is 24.8 Å². The molecule has 0 N–H and O–H groups in total. The molecule has 0 spiro atoms. The zero-order valence-electron chi connectivity index (χ0n) is 20.6. The summed E-state index contributed by atoms with van der Waals surface area (Å²) in [4.78, 5) is 17.7. The Kier molecular flexibility index (Phi) is 7.74. The standard InChI is InChI=1S/C27H33N3O4S/c1-4-30(5-2)35(32,33)23-13-14-26(34-3)25(19-23)27(31)29-17-15-28(16-18-29)20-22-11-8-10-21-9-6-7-12-24(21)22/h6-14,19H,4-5,15-18,20H2,1-3H3. The lowest BCUT2D eigenvalue weighted by Crippen LogP contribution is -2.48. The Labute approximate surface area is 207 Å². The van der Waals surface area contributed by atoms with E-state index in [-0.39, 0.29) is 16.4 Å². The number of sulfonamides is 1. The number of hydrogen-bond acceptors (Lipinski definition) is 5. The average Bonchev–Trinajstić information content (AvgIpc) is 2.89. The second-order valence-electron chi connectivity index (χ2n) is 8.66. The van der Waals surface area contributed by atoms with E-state index in [4.69, 9.17) is 4.74 Å². The lowest BCUT2D eigenvalue weighted by molar-refractivity contribution is 0.0625. The lowest BCUT2D eigenvalue weighted by Gasteiger charge is -2.35. The summed E-state index contributed by atoms with van der Waals surface area (Å²) in [5.74, 6) is 0.176. The molecule has 0 bridgehead atoms. The molecule has 1 aliphatic rings. The lowest BCUT2D eigenvalue weighted by atomic mass is 10.0. The highest BCUT2D eigenvalue weighted by Gasteiger charge is 2.28. The van der Waals surface area contributed by atoms with Gasteiger partial charge in [-0.3, -0.25) is 9.69 Å². The van der Waals surface area contributed by atoms with Crippen molar-refractivity contribution in [3.05, 3.63) is 71.8 Å². The summed E-state index contributed by atoms with van der Waals surface area (Å²) < 4.78 is 32.8.